The molecule has 22 heavy (non-hydrogen) atoms. The van der Waals surface area contributed by atoms with Crippen molar-refractivity contribution in [3.63, 3.8) is 0 Å². The Hall–Kier alpha value is -2.31. The number of cyclic esters (lactones) is 1. The second-order valence-electron chi connectivity index (χ2n) is 5.88. The molecule has 0 aliphatic carbocycles. The maximum atomic E-state index is 12.7. The van der Waals surface area contributed by atoms with E-state index in [4.69, 9.17) is 4.74 Å². The van der Waals surface area contributed by atoms with Crippen LogP contribution < -0.4 is 5.56 Å². The van der Waals surface area contributed by atoms with Crippen LogP contribution in [0.3, 0.4) is 0 Å². The maximum Gasteiger partial charge on any atom is 0.410 e. The van der Waals surface area contributed by atoms with Crippen LogP contribution in [-0.4, -0.2) is 58.1 Å². The highest BCUT2D eigenvalue weighted by atomic mass is 16.6. The molecule has 2 fully saturated rings. The van der Waals surface area contributed by atoms with Crippen molar-refractivity contribution in [2.75, 3.05) is 26.2 Å². The number of amides is 2. The molecule has 7 heteroatoms. The largest absolute Gasteiger partial charge is 0.447 e. The molecule has 118 valence electrons. The predicted octanol–water partition coefficient (Wildman–Crippen LogP) is 0.442. The molecule has 0 N–H and O–H groups in total. The topological polar surface area (TPSA) is 71.8 Å². The molecule has 2 aliphatic heterocycles. The Morgan fingerprint density at radius 2 is 2.09 bits per heavy atom. The van der Waals surface area contributed by atoms with E-state index in [1.807, 2.05) is 6.92 Å². The van der Waals surface area contributed by atoms with Crippen LogP contribution in [0.15, 0.2) is 23.1 Å². The molecule has 3 rings (SSSR count). The van der Waals surface area contributed by atoms with Crippen LogP contribution in [0.25, 0.3) is 0 Å². The van der Waals surface area contributed by atoms with Crippen LogP contribution in [0.5, 0.6) is 0 Å². The summed E-state index contributed by atoms with van der Waals surface area (Å²) < 4.78 is 6.56. The molecule has 0 radical (unpaired) electrons. The monoisotopic (exact) mass is 305 g/mol. The fraction of sp³-hybridized carbons (Fsp3) is 0.533. The summed E-state index contributed by atoms with van der Waals surface area (Å²) in [4.78, 5) is 39.3. The minimum absolute atomic E-state index is 0.123. The molecule has 2 aliphatic rings. The molecule has 2 amide bonds. The number of rotatable bonds is 2. The lowest BCUT2D eigenvalue weighted by molar-refractivity contribution is 0.0361. The summed E-state index contributed by atoms with van der Waals surface area (Å²) in [6, 6.07) is 2.94. The number of piperazine rings is 1. The summed E-state index contributed by atoms with van der Waals surface area (Å²) in [6.45, 7) is 3.72. The molecular formula is C15H19N3O4. The normalized spacial score (nSPS) is 24.2. The van der Waals surface area contributed by atoms with Crippen molar-refractivity contribution in [3.8, 4) is 0 Å². The third-order valence-electron chi connectivity index (χ3n) is 4.61. The van der Waals surface area contributed by atoms with E-state index in [0.717, 1.165) is 6.42 Å². The van der Waals surface area contributed by atoms with Gasteiger partial charge in [0.05, 0.1) is 11.1 Å². The molecule has 1 aromatic heterocycles. The first-order valence-electron chi connectivity index (χ1n) is 7.37. The molecule has 0 spiro atoms. The number of carbonyl (C=O) groups is 2. The van der Waals surface area contributed by atoms with Gasteiger partial charge in [0.2, 0.25) is 5.56 Å². The zero-order valence-corrected chi connectivity index (χ0v) is 12.7. The Labute approximate surface area is 128 Å². The highest BCUT2D eigenvalue weighted by molar-refractivity contribution is 5.94. The summed E-state index contributed by atoms with van der Waals surface area (Å²) in [5, 5.41) is 0. The number of carbonyl (C=O) groups excluding carboxylic acids is 2. The third-order valence-corrected chi connectivity index (χ3v) is 4.61. The van der Waals surface area contributed by atoms with Gasteiger partial charge in [-0.3, -0.25) is 14.5 Å². The van der Waals surface area contributed by atoms with Crippen molar-refractivity contribution in [2.45, 2.75) is 18.9 Å². The van der Waals surface area contributed by atoms with Gasteiger partial charge in [-0.05, 0) is 12.5 Å². The second kappa shape index (κ2) is 5.15. The predicted molar refractivity (Wildman–Crippen MR) is 78.7 cm³/mol. The van der Waals surface area contributed by atoms with Gasteiger partial charge in [0.1, 0.15) is 6.61 Å². The summed E-state index contributed by atoms with van der Waals surface area (Å²) in [5.41, 5.74) is -0.0979. The Kier molecular flexibility index (Phi) is 3.42. The second-order valence-corrected chi connectivity index (χ2v) is 5.88. The van der Waals surface area contributed by atoms with E-state index in [1.54, 1.807) is 29.1 Å². The van der Waals surface area contributed by atoms with Crippen LogP contribution >= 0.6 is 0 Å². The molecule has 0 aromatic carbocycles. The summed E-state index contributed by atoms with van der Waals surface area (Å²) >= 11 is 0. The van der Waals surface area contributed by atoms with E-state index in [1.165, 1.54) is 10.6 Å². The van der Waals surface area contributed by atoms with Crippen molar-refractivity contribution in [2.24, 2.45) is 7.05 Å². The van der Waals surface area contributed by atoms with E-state index >= 15 is 0 Å². The first kappa shape index (κ1) is 14.6. The van der Waals surface area contributed by atoms with Gasteiger partial charge in [0.15, 0.2) is 0 Å². The lowest BCUT2D eigenvalue weighted by Crippen LogP contribution is -2.62. The third kappa shape index (κ3) is 2.17. The fourth-order valence-corrected chi connectivity index (χ4v) is 3.14. The smallest absolute Gasteiger partial charge is 0.410 e. The van der Waals surface area contributed by atoms with Crippen LogP contribution in [0.1, 0.15) is 23.7 Å². The fourth-order valence-electron chi connectivity index (χ4n) is 3.14. The van der Waals surface area contributed by atoms with Crippen molar-refractivity contribution in [3.05, 3.63) is 34.2 Å². The molecule has 7 nitrogen and oxygen atoms in total. The molecule has 3 heterocycles. The van der Waals surface area contributed by atoms with Crippen LogP contribution in [0.2, 0.25) is 0 Å². The lowest BCUT2D eigenvalue weighted by Gasteiger charge is -2.44. The minimum atomic E-state index is -0.425. The molecular weight excluding hydrogens is 286 g/mol. The van der Waals surface area contributed by atoms with Gasteiger partial charge in [-0.1, -0.05) is 6.92 Å². The van der Waals surface area contributed by atoms with E-state index in [9.17, 15) is 14.4 Å². The molecule has 1 atom stereocenters. The van der Waals surface area contributed by atoms with Gasteiger partial charge in [-0.15, -0.1) is 0 Å². The molecule has 0 saturated carbocycles. The van der Waals surface area contributed by atoms with E-state index in [2.05, 4.69) is 0 Å². The first-order valence-corrected chi connectivity index (χ1v) is 7.37. The van der Waals surface area contributed by atoms with Crippen LogP contribution in [0.4, 0.5) is 4.79 Å². The lowest BCUT2D eigenvalue weighted by atomic mass is 9.92. The molecule has 1 unspecified atom stereocenters. The van der Waals surface area contributed by atoms with E-state index in [0.29, 0.717) is 31.8 Å². The minimum Gasteiger partial charge on any atom is -0.447 e. The van der Waals surface area contributed by atoms with Gasteiger partial charge in [0, 0.05) is 38.9 Å². The number of hydrogen-bond donors (Lipinski definition) is 0. The van der Waals surface area contributed by atoms with Gasteiger partial charge < -0.3 is 14.2 Å². The van der Waals surface area contributed by atoms with Crippen LogP contribution in [0, 0.1) is 0 Å². The average molecular weight is 305 g/mol. The van der Waals surface area contributed by atoms with Gasteiger partial charge in [0.25, 0.3) is 5.91 Å². The zero-order chi connectivity index (χ0) is 15.9. The van der Waals surface area contributed by atoms with Crippen molar-refractivity contribution >= 4 is 12.0 Å². The molecule has 1 aromatic rings. The maximum absolute atomic E-state index is 12.7. The summed E-state index contributed by atoms with van der Waals surface area (Å²) in [7, 11) is 1.62. The molecule has 0 bridgehead atoms. The number of hydrogen-bond acceptors (Lipinski definition) is 4. The van der Waals surface area contributed by atoms with Crippen molar-refractivity contribution in [1.29, 1.82) is 0 Å². The summed E-state index contributed by atoms with van der Waals surface area (Å²) in [5.74, 6) is -0.123. The number of nitrogens with zero attached hydrogens (tertiary/aromatic N) is 3. The Balaban J connectivity index is 1.84. The SMILES string of the molecule is CCC12COC(=O)N1CCN(C(=O)c1ccc(=O)n(C)c1)C2. The van der Waals surface area contributed by atoms with Gasteiger partial charge in [-0.25, -0.2) is 4.79 Å². The number of pyridine rings is 1. The number of aromatic nitrogens is 1. The van der Waals surface area contributed by atoms with Crippen LogP contribution in [-0.2, 0) is 11.8 Å². The zero-order valence-electron chi connectivity index (χ0n) is 12.7. The van der Waals surface area contributed by atoms with Gasteiger partial charge >= 0.3 is 6.09 Å². The van der Waals surface area contributed by atoms with E-state index < -0.39 is 5.54 Å². The standard InChI is InChI=1S/C15H19N3O4/c1-3-15-9-17(6-7-18(15)14(21)22-10-15)13(20)11-4-5-12(19)16(2)8-11/h4-5,8H,3,6-7,9-10H2,1-2H3. The summed E-state index contributed by atoms with van der Waals surface area (Å²) in [6.07, 6.45) is 1.98. The highest BCUT2D eigenvalue weighted by Crippen LogP contribution is 2.32. The number of aryl methyl sites for hydroxylation is 1. The van der Waals surface area contributed by atoms with Crippen molar-refractivity contribution < 1.29 is 14.3 Å². The quantitative estimate of drug-likeness (QED) is 0.795. The van der Waals surface area contributed by atoms with E-state index in [-0.39, 0.29) is 17.6 Å². The Morgan fingerprint density at radius 1 is 1.32 bits per heavy atom. The highest BCUT2D eigenvalue weighted by Gasteiger charge is 2.50. The Morgan fingerprint density at radius 3 is 2.77 bits per heavy atom. The average Bonchev–Trinajstić information content (AvgIpc) is 2.86. The van der Waals surface area contributed by atoms with Crippen molar-refractivity contribution in [1.82, 2.24) is 14.4 Å². The van der Waals surface area contributed by atoms with Gasteiger partial charge in [-0.2, -0.15) is 0 Å². The molecule has 2 saturated heterocycles. The Bertz CT molecular complexity index is 684. The first-order chi connectivity index (χ1) is 10.5. The number of ether oxygens (including phenoxy) is 1. The number of fused-ring (bicyclic) bond motifs is 1.